The molecule has 0 saturated carbocycles. The monoisotopic (exact) mass is 345 g/mol. The lowest BCUT2D eigenvalue weighted by atomic mass is 10.0. The Morgan fingerprint density at radius 3 is 2.11 bits per heavy atom. The highest BCUT2D eigenvalue weighted by molar-refractivity contribution is 6.11. The summed E-state index contributed by atoms with van der Waals surface area (Å²) in [4.78, 5) is 0. The van der Waals surface area contributed by atoms with Crippen LogP contribution in [0.3, 0.4) is 0 Å². The highest BCUT2D eigenvalue weighted by Gasteiger charge is 2.06. The van der Waals surface area contributed by atoms with Gasteiger partial charge in [-0.2, -0.15) is 0 Å². The summed E-state index contributed by atoms with van der Waals surface area (Å²) in [5.74, 6) is 0. The van der Waals surface area contributed by atoms with Gasteiger partial charge in [-0.1, -0.05) is 91.0 Å². The summed E-state index contributed by atoms with van der Waals surface area (Å²) in [6.45, 7) is 0. The Morgan fingerprint density at radius 2 is 1.19 bits per heavy atom. The minimum absolute atomic E-state index is 1.09. The molecule has 5 rings (SSSR count). The molecule has 0 aliphatic heterocycles. The van der Waals surface area contributed by atoms with Gasteiger partial charge in [0.2, 0.25) is 0 Å². The van der Waals surface area contributed by atoms with Crippen LogP contribution in [0.4, 0.5) is 11.4 Å². The molecule has 0 aliphatic rings. The van der Waals surface area contributed by atoms with E-state index in [1.165, 1.54) is 32.7 Å². The third-order valence-electron chi connectivity index (χ3n) is 5.04. The van der Waals surface area contributed by atoms with Crippen LogP contribution in [0.25, 0.3) is 32.7 Å². The maximum Gasteiger partial charge on any atom is 0.0464 e. The quantitative estimate of drug-likeness (QED) is 0.336. The highest BCUT2D eigenvalue weighted by Crippen LogP contribution is 2.32. The normalized spacial score (nSPS) is 11.0. The van der Waals surface area contributed by atoms with Crippen molar-refractivity contribution in [1.82, 2.24) is 0 Å². The molecule has 27 heavy (non-hydrogen) atoms. The lowest BCUT2D eigenvalue weighted by molar-refractivity contribution is 1.56. The lowest BCUT2D eigenvalue weighted by Crippen LogP contribution is -1.92. The fourth-order valence-corrected chi connectivity index (χ4v) is 3.71. The van der Waals surface area contributed by atoms with Gasteiger partial charge in [0.1, 0.15) is 0 Å². The maximum atomic E-state index is 3.62. The molecule has 1 nitrogen and oxygen atoms in total. The molecule has 0 aromatic heterocycles. The summed E-state index contributed by atoms with van der Waals surface area (Å²) in [6.07, 6.45) is 0. The molecule has 128 valence electrons. The third kappa shape index (κ3) is 2.94. The average Bonchev–Trinajstić information content (AvgIpc) is 2.75. The van der Waals surface area contributed by atoms with Crippen LogP contribution in [-0.4, -0.2) is 0 Å². The Morgan fingerprint density at radius 1 is 0.444 bits per heavy atom. The fraction of sp³-hybridized carbons (Fsp3) is 0. The molecule has 1 N–H and O–H groups in total. The van der Waals surface area contributed by atoms with Crippen molar-refractivity contribution < 1.29 is 0 Å². The number of fused-ring (bicyclic) bond motifs is 3. The van der Waals surface area contributed by atoms with E-state index in [9.17, 15) is 0 Å². The summed E-state index contributed by atoms with van der Waals surface area (Å²) in [5.41, 5.74) is 4.66. The van der Waals surface area contributed by atoms with Crippen molar-refractivity contribution in [3.05, 3.63) is 109 Å². The van der Waals surface area contributed by atoms with E-state index in [1.807, 2.05) is 6.07 Å². The van der Waals surface area contributed by atoms with Gasteiger partial charge in [0, 0.05) is 16.8 Å². The summed E-state index contributed by atoms with van der Waals surface area (Å²) >= 11 is 0. The smallest absolute Gasteiger partial charge is 0.0464 e. The first kappa shape index (κ1) is 15.7. The minimum Gasteiger partial charge on any atom is -0.355 e. The van der Waals surface area contributed by atoms with Gasteiger partial charge in [-0.05, 0) is 45.5 Å². The number of rotatable bonds is 3. The van der Waals surface area contributed by atoms with Crippen LogP contribution >= 0.6 is 0 Å². The zero-order valence-corrected chi connectivity index (χ0v) is 14.9. The minimum atomic E-state index is 1.09. The Balaban J connectivity index is 1.58. The molecule has 5 aromatic rings. The van der Waals surface area contributed by atoms with Crippen molar-refractivity contribution in [3.63, 3.8) is 0 Å². The van der Waals surface area contributed by atoms with E-state index >= 15 is 0 Å². The average molecular weight is 345 g/mol. The predicted octanol–water partition coefficient (Wildman–Crippen LogP) is 7.40. The summed E-state index contributed by atoms with van der Waals surface area (Å²) in [7, 11) is 0. The first-order valence-corrected chi connectivity index (χ1v) is 9.21. The predicted molar refractivity (Wildman–Crippen MR) is 117 cm³/mol. The topological polar surface area (TPSA) is 12.0 Å². The SMILES string of the molecule is c1ccc(-c2cccc(Nc3cccc4c3ccc3ccccc34)c2)cc1. The molecular formula is C26H19N. The van der Waals surface area contributed by atoms with E-state index in [2.05, 4.69) is 108 Å². The van der Waals surface area contributed by atoms with Crippen LogP contribution in [0.1, 0.15) is 0 Å². The molecule has 0 unspecified atom stereocenters. The summed E-state index contributed by atoms with van der Waals surface area (Å²) < 4.78 is 0. The van der Waals surface area contributed by atoms with Gasteiger partial charge in [-0.15, -0.1) is 0 Å². The fourth-order valence-electron chi connectivity index (χ4n) is 3.71. The van der Waals surface area contributed by atoms with Gasteiger partial charge in [0.25, 0.3) is 0 Å². The standard InChI is InChI=1S/C26H19N/c1-2-8-19(9-3-1)21-11-6-12-22(18-21)27-26-15-7-14-24-23-13-5-4-10-20(23)16-17-25(24)26/h1-18,27H. The van der Waals surface area contributed by atoms with Crippen LogP contribution in [0.15, 0.2) is 109 Å². The second kappa shape index (κ2) is 6.62. The van der Waals surface area contributed by atoms with Gasteiger partial charge in [-0.3, -0.25) is 0 Å². The summed E-state index contributed by atoms with van der Waals surface area (Å²) in [5, 5.41) is 8.69. The van der Waals surface area contributed by atoms with Crippen molar-refractivity contribution in [1.29, 1.82) is 0 Å². The van der Waals surface area contributed by atoms with E-state index < -0.39 is 0 Å². The van der Waals surface area contributed by atoms with E-state index in [1.54, 1.807) is 0 Å². The molecule has 0 fully saturated rings. The Hall–Kier alpha value is -3.58. The van der Waals surface area contributed by atoms with Crippen LogP contribution < -0.4 is 5.32 Å². The van der Waals surface area contributed by atoms with E-state index in [0.29, 0.717) is 0 Å². The van der Waals surface area contributed by atoms with E-state index in [-0.39, 0.29) is 0 Å². The molecule has 0 saturated heterocycles. The molecule has 0 radical (unpaired) electrons. The summed E-state index contributed by atoms with van der Waals surface area (Å²) in [6, 6.07) is 38.5. The van der Waals surface area contributed by atoms with E-state index in [0.717, 1.165) is 11.4 Å². The zero-order valence-electron chi connectivity index (χ0n) is 14.9. The van der Waals surface area contributed by atoms with Crippen molar-refractivity contribution in [2.24, 2.45) is 0 Å². The zero-order chi connectivity index (χ0) is 18.1. The highest BCUT2D eigenvalue weighted by atomic mass is 14.9. The van der Waals surface area contributed by atoms with Crippen LogP contribution in [0.2, 0.25) is 0 Å². The Kier molecular flexibility index (Phi) is 3.84. The van der Waals surface area contributed by atoms with Crippen molar-refractivity contribution >= 4 is 32.9 Å². The number of nitrogens with one attached hydrogen (secondary N) is 1. The van der Waals surface area contributed by atoms with Crippen LogP contribution in [-0.2, 0) is 0 Å². The maximum absolute atomic E-state index is 3.62. The van der Waals surface area contributed by atoms with Gasteiger partial charge >= 0.3 is 0 Å². The lowest BCUT2D eigenvalue weighted by Gasteiger charge is -2.13. The first-order valence-electron chi connectivity index (χ1n) is 9.21. The van der Waals surface area contributed by atoms with Crippen molar-refractivity contribution in [2.45, 2.75) is 0 Å². The molecule has 0 bridgehead atoms. The van der Waals surface area contributed by atoms with Crippen LogP contribution in [0.5, 0.6) is 0 Å². The molecule has 5 aromatic carbocycles. The van der Waals surface area contributed by atoms with Gasteiger partial charge in [0.05, 0.1) is 0 Å². The largest absolute Gasteiger partial charge is 0.355 e. The number of anilines is 2. The molecule has 0 amide bonds. The van der Waals surface area contributed by atoms with E-state index in [4.69, 9.17) is 0 Å². The van der Waals surface area contributed by atoms with Gasteiger partial charge < -0.3 is 5.32 Å². The third-order valence-corrected chi connectivity index (χ3v) is 5.04. The molecule has 0 spiro atoms. The van der Waals surface area contributed by atoms with Gasteiger partial charge in [-0.25, -0.2) is 0 Å². The second-order valence-electron chi connectivity index (χ2n) is 6.76. The Labute approximate surface area is 158 Å². The molecule has 0 aliphatic carbocycles. The molecule has 1 heteroatoms. The molecular weight excluding hydrogens is 326 g/mol. The first-order chi connectivity index (χ1) is 13.4. The number of hydrogen-bond acceptors (Lipinski definition) is 1. The van der Waals surface area contributed by atoms with Crippen molar-refractivity contribution in [3.8, 4) is 11.1 Å². The number of hydrogen-bond donors (Lipinski definition) is 1. The van der Waals surface area contributed by atoms with Crippen LogP contribution in [0, 0.1) is 0 Å². The Bertz CT molecular complexity index is 1240. The second-order valence-corrected chi connectivity index (χ2v) is 6.76. The van der Waals surface area contributed by atoms with Crippen molar-refractivity contribution in [2.75, 3.05) is 5.32 Å². The molecule has 0 heterocycles. The van der Waals surface area contributed by atoms with Gasteiger partial charge in [0.15, 0.2) is 0 Å². The molecule has 0 atom stereocenters. The number of benzene rings is 5.